The highest BCUT2D eigenvalue weighted by atomic mass is 16.5. The van der Waals surface area contributed by atoms with Gasteiger partial charge in [-0.3, -0.25) is 14.4 Å². The molecule has 0 aliphatic rings. The Bertz CT molecular complexity index is 927. The molecule has 0 fully saturated rings. The highest BCUT2D eigenvalue weighted by molar-refractivity contribution is 6.00. The van der Waals surface area contributed by atoms with E-state index in [1.165, 1.54) is 4.90 Å². The molecule has 0 heterocycles. The van der Waals surface area contributed by atoms with E-state index in [1.807, 2.05) is 32.9 Å². The minimum atomic E-state index is -0.739. The van der Waals surface area contributed by atoms with Gasteiger partial charge in [-0.25, -0.2) is 0 Å². The fraction of sp³-hybridized carbons (Fsp3) is 0.375. The first-order chi connectivity index (χ1) is 14.8. The second kappa shape index (κ2) is 11.2. The standard InChI is InChI=1S/C24H31N3O4/c1-6-27(15-21(28)25-18-11-9-12-19(14-18)31-5)24(30)22(16(2)3)26-23(29)20-13-8-7-10-17(20)4/h7-14,16,22H,6,15H2,1-5H3,(H,25,28)(H,26,29). The molecule has 1 atom stereocenters. The molecule has 3 amide bonds. The van der Waals surface area contributed by atoms with Crippen molar-refractivity contribution in [3.63, 3.8) is 0 Å². The van der Waals surface area contributed by atoms with Gasteiger partial charge in [0.05, 0.1) is 13.7 Å². The van der Waals surface area contributed by atoms with E-state index in [4.69, 9.17) is 4.74 Å². The van der Waals surface area contributed by atoms with Crippen LogP contribution in [0.25, 0.3) is 0 Å². The van der Waals surface area contributed by atoms with Crippen molar-refractivity contribution in [1.82, 2.24) is 10.2 Å². The molecule has 166 valence electrons. The number of carbonyl (C=O) groups excluding carboxylic acids is 3. The summed E-state index contributed by atoms with van der Waals surface area (Å²) in [5.41, 5.74) is 1.95. The number of benzene rings is 2. The molecule has 0 aliphatic heterocycles. The van der Waals surface area contributed by atoms with Crippen LogP contribution in [0.4, 0.5) is 5.69 Å². The van der Waals surface area contributed by atoms with E-state index >= 15 is 0 Å². The lowest BCUT2D eigenvalue weighted by Crippen LogP contribution is -2.52. The smallest absolute Gasteiger partial charge is 0.252 e. The van der Waals surface area contributed by atoms with E-state index in [9.17, 15) is 14.4 Å². The molecule has 2 rings (SSSR count). The first-order valence-corrected chi connectivity index (χ1v) is 10.4. The molecule has 2 N–H and O–H groups in total. The third kappa shape index (κ3) is 6.57. The number of hydrogen-bond acceptors (Lipinski definition) is 4. The summed E-state index contributed by atoms with van der Waals surface area (Å²) in [6, 6.07) is 13.5. The first kappa shape index (κ1) is 23.9. The molecule has 1 unspecified atom stereocenters. The van der Waals surface area contributed by atoms with Crippen molar-refractivity contribution >= 4 is 23.4 Å². The van der Waals surface area contributed by atoms with Gasteiger partial charge in [0.1, 0.15) is 11.8 Å². The number of anilines is 1. The average Bonchev–Trinajstić information content (AvgIpc) is 2.75. The molecule has 0 bridgehead atoms. The summed E-state index contributed by atoms with van der Waals surface area (Å²) in [6.45, 7) is 7.61. The predicted molar refractivity (Wildman–Crippen MR) is 121 cm³/mol. The van der Waals surface area contributed by atoms with E-state index < -0.39 is 6.04 Å². The zero-order chi connectivity index (χ0) is 23.0. The van der Waals surface area contributed by atoms with Crippen LogP contribution in [-0.4, -0.2) is 48.9 Å². The first-order valence-electron chi connectivity index (χ1n) is 10.4. The van der Waals surface area contributed by atoms with Crippen LogP contribution < -0.4 is 15.4 Å². The number of rotatable bonds is 9. The molecule has 0 saturated carbocycles. The van der Waals surface area contributed by atoms with Crippen LogP contribution in [0.1, 0.15) is 36.7 Å². The highest BCUT2D eigenvalue weighted by Crippen LogP contribution is 2.17. The van der Waals surface area contributed by atoms with Crippen LogP contribution in [0, 0.1) is 12.8 Å². The Hall–Kier alpha value is -3.35. The maximum Gasteiger partial charge on any atom is 0.252 e. The lowest BCUT2D eigenvalue weighted by atomic mass is 10.0. The number of aryl methyl sites for hydroxylation is 1. The fourth-order valence-corrected chi connectivity index (χ4v) is 3.18. The van der Waals surface area contributed by atoms with Crippen LogP contribution in [0.15, 0.2) is 48.5 Å². The van der Waals surface area contributed by atoms with Crippen molar-refractivity contribution in [3.05, 3.63) is 59.7 Å². The fourth-order valence-electron chi connectivity index (χ4n) is 3.18. The number of nitrogens with zero attached hydrogens (tertiary/aromatic N) is 1. The minimum Gasteiger partial charge on any atom is -0.497 e. The molecular formula is C24H31N3O4. The summed E-state index contributed by atoms with van der Waals surface area (Å²) >= 11 is 0. The normalized spacial score (nSPS) is 11.5. The maximum absolute atomic E-state index is 13.2. The van der Waals surface area contributed by atoms with Crippen molar-refractivity contribution in [1.29, 1.82) is 0 Å². The highest BCUT2D eigenvalue weighted by Gasteiger charge is 2.29. The Morgan fingerprint density at radius 3 is 2.39 bits per heavy atom. The number of likely N-dealkylation sites (N-methyl/N-ethyl adjacent to an activating group) is 1. The average molecular weight is 426 g/mol. The van der Waals surface area contributed by atoms with Crippen LogP contribution in [0.3, 0.4) is 0 Å². The summed E-state index contributed by atoms with van der Waals surface area (Å²) in [6.07, 6.45) is 0. The number of ether oxygens (including phenoxy) is 1. The van der Waals surface area contributed by atoms with E-state index in [0.29, 0.717) is 23.5 Å². The zero-order valence-corrected chi connectivity index (χ0v) is 18.8. The van der Waals surface area contributed by atoms with E-state index in [-0.39, 0.29) is 30.2 Å². The lowest BCUT2D eigenvalue weighted by Gasteiger charge is -2.29. The number of carbonyl (C=O) groups is 3. The zero-order valence-electron chi connectivity index (χ0n) is 18.8. The van der Waals surface area contributed by atoms with E-state index in [0.717, 1.165) is 5.56 Å². The molecule has 7 nitrogen and oxygen atoms in total. The van der Waals surface area contributed by atoms with Crippen LogP contribution in [0.5, 0.6) is 5.75 Å². The third-order valence-electron chi connectivity index (χ3n) is 4.99. The van der Waals surface area contributed by atoms with Crippen LogP contribution in [-0.2, 0) is 9.59 Å². The summed E-state index contributed by atoms with van der Waals surface area (Å²) in [4.78, 5) is 39.9. The van der Waals surface area contributed by atoms with Crippen LogP contribution >= 0.6 is 0 Å². The molecule has 7 heteroatoms. The molecule has 0 spiro atoms. The lowest BCUT2D eigenvalue weighted by molar-refractivity contribution is -0.137. The number of hydrogen-bond donors (Lipinski definition) is 2. The van der Waals surface area contributed by atoms with Crippen molar-refractivity contribution < 1.29 is 19.1 Å². The minimum absolute atomic E-state index is 0.115. The molecule has 0 radical (unpaired) electrons. The van der Waals surface area contributed by atoms with E-state index in [2.05, 4.69) is 10.6 Å². The van der Waals surface area contributed by atoms with Gasteiger partial charge in [-0.2, -0.15) is 0 Å². The molecule has 0 saturated heterocycles. The number of methoxy groups -OCH3 is 1. The molecule has 2 aromatic rings. The van der Waals surface area contributed by atoms with Crippen molar-refractivity contribution in [2.24, 2.45) is 5.92 Å². The third-order valence-corrected chi connectivity index (χ3v) is 4.99. The van der Waals surface area contributed by atoms with Gasteiger partial charge in [-0.1, -0.05) is 38.1 Å². The summed E-state index contributed by atoms with van der Waals surface area (Å²) in [5.74, 6) is -0.436. The molecule has 31 heavy (non-hydrogen) atoms. The molecule has 0 aliphatic carbocycles. The van der Waals surface area contributed by atoms with Gasteiger partial charge in [0.25, 0.3) is 5.91 Å². The van der Waals surface area contributed by atoms with Crippen molar-refractivity contribution in [2.75, 3.05) is 25.5 Å². The second-order valence-corrected chi connectivity index (χ2v) is 7.64. The molecule has 2 aromatic carbocycles. The van der Waals surface area contributed by atoms with Crippen molar-refractivity contribution in [3.8, 4) is 5.75 Å². The topological polar surface area (TPSA) is 87.7 Å². The largest absolute Gasteiger partial charge is 0.497 e. The van der Waals surface area contributed by atoms with Gasteiger partial charge in [0, 0.05) is 23.9 Å². The summed E-state index contributed by atoms with van der Waals surface area (Å²) in [7, 11) is 1.55. The predicted octanol–water partition coefficient (Wildman–Crippen LogP) is 3.25. The number of nitrogens with one attached hydrogen (secondary N) is 2. The van der Waals surface area contributed by atoms with Gasteiger partial charge >= 0.3 is 0 Å². The van der Waals surface area contributed by atoms with Crippen molar-refractivity contribution in [2.45, 2.75) is 33.7 Å². The quantitative estimate of drug-likeness (QED) is 0.646. The summed E-state index contributed by atoms with van der Waals surface area (Å²) in [5, 5.41) is 5.63. The monoisotopic (exact) mass is 425 g/mol. The van der Waals surface area contributed by atoms with E-state index in [1.54, 1.807) is 50.4 Å². The van der Waals surface area contributed by atoms with Gasteiger partial charge in [0.15, 0.2) is 0 Å². The van der Waals surface area contributed by atoms with Gasteiger partial charge < -0.3 is 20.3 Å². The Kier molecular flexibility index (Phi) is 8.61. The molecular weight excluding hydrogens is 394 g/mol. The SMILES string of the molecule is CCN(CC(=O)Nc1cccc(OC)c1)C(=O)C(NC(=O)c1ccccc1C)C(C)C. The molecule has 0 aromatic heterocycles. The van der Waals surface area contributed by atoms with Gasteiger partial charge in [-0.15, -0.1) is 0 Å². The van der Waals surface area contributed by atoms with Gasteiger partial charge in [-0.05, 0) is 43.5 Å². The Morgan fingerprint density at radius 1 is 1.06 bits per heavy atom. The second-order valence-electron chi connectivity index (χ2n) is 7.64. The number of amides is 3. The summed E-state index contributed by atoms with van der Waals surface area (Å²) < 4.78 is 5.16. The van der Waals surface area contributed by atoms with Crippen LogP contribution in [0.2, 0.25) is 0 Å². The Labute approximate surface area is 183 Å². The Morgan fingerprint density at radius 2 is 1.77 bits per heavy atom. The van der Waals surface area contributed by atoms with Gasteiger partial charge in [0.2, 0.25) is 11.8 Å². The Balaban J connectivity index is 2.08. The maximum atomic E-state index is 13.2.